The lowest BCUT2D eigenvalue weighted by Crippen LogP contribution is -2.45. The lowest BCUT2D eigenvalue weighted by molar-refractivity contribution is 0.190. The summed E-state index contributed by atoms with van der Waals surface area (Å²) >= 11 is 1.45. The number of nitrogens with one attached hydrogen (secondary N) is 2. The van der Waals surface area contributed by atoms with Gasteiger partial charge in [-0.1, -0.05) is 60.7 Å². The van der Waals surface area contributed by atoms with E-state index in [-0.39, 0.29) is 12.1 Å². The Bertz CT molecular complexity index is 889. The van der Waals surface area contributed by atoms with Gasteiger partial charge in [-0.15, -0.1) is 11.3 Å². The van der Waals surface area contributed by atoms with Crippen molar-refractivity contribution in [1.82, 2.24) is 15.2 Å². The van der Waals surface area contributed by atoms with Crippen LogP contribution in [0.3, 0.4) is 0 Å². The van der Waals surface area contributed by atoms with E-state index in [1.165, 1.54) is 16.9 Å². The summed E-state index contributed by atoms with van der Waals surface area (Å²) in [6, 6.07) is 20.5. The Kier molecular flexibility index (Phi) is 5.99. The maximum absolute atomic E-state index is 12.3. The monoisotopic (exact) mass is 392 g/mol. The van der Waals surface area contributed by atoms with Gasteiger partial charge in [-0.3, -0.25) is 10.2 Å². The Morgan fingerprint density at radius 1 is 1.04 bits per heavy atom. The first kappa shape index (κ1) is 18.7. The topological polar surface area (TPSA) is 57.3 Å². The van der Waals surface area contributed by atoms with Gasteiger partial charge in [0.2, 0.25) is 0 Å². The summed E-state index contributed by atoms with van der Waals surface area (Å²) in [5.74, 6) is 0. The maximum atomic E-state index is 12.3. The van der Waals surface area contributed by atoms with Crippen molar-refractivity contribution in [3.05, 3.63) is 71.6 Å². The van der Waals surface area contributed by atoms with Crippen molar-refractivity contribution in [2.45, 2.75) is 25.4 Å². The third-order valence-electron chi connectivity index (χ3n) is 4.97. The summed E-state index contributed by atoms with van der Waals surface area (Å²) in [7, 11) is 0. The Morgan fingerprint density at radius 3 is 2.43 bits per heavy atom. The molecule has 0 spiro atoms. The van der Waals surface area contributed by atoms with Crippen molar-refractivity contribution in [3.63, 3.8) is 0 Å². The van der Waals surface area contributed by atoms with Gasteiger partial charge in [0.05, 0.1) is 5.69 Å². The third-order valence-corrected chi connectivity index (χ3v) is 5.72. The molecule has 0 saturated carbocycles. The Morgan fingerprint density at radius 2 is 1.71 bits per heavy atom. The van der Waals surface area contributed by atoms with Crippen LogP contribution in [0.2, 0.25) is 0 Å². The Hall–Kier alpha value is -2.70. The van der Waals surface area contributed by atoms with Gasteiger partial charge in [0, 0.05) is 36.6 Å². The number of aromatic nitrogens is 1. The highest BCUT2D eigenvalue weighted by atomic mass is 32.1. The highest BCUT2D eigenvalue weighted by molar-refractivity contribution is 7.14. The molecular formula is C22H24N4OS. The lowest BCUT2D eigenvalue weighted by atomic mass is 10.0. The smallest absolute Gasteiger partial charge is 0.321 e. The summed E-state index contributed by atoms with van der Waals surface area (Å²) in [5.41, 5.74) is 3.28. The molecule has 2 aromatic carbocycles. The van der Waals surface area contributed by atoms with Gasteiger partial charge in [-0.05, 0) is 18.4 Å². The minimum absolute atomic E-state index is 0.171. The molecule has 2 amide bonds. The summed E-state index contributed by atoms with van der Waals surface area (Å²) in [6.07, 6.45) is 1.93. The predicted molar refractivity (Wildman–Crippen MR) is 114 cm³/mol. The number of benzene rings is 2. The van der Waals surface area contributed by atoms with Crippen LogP contribution in [0.5, 0.6) is 0 Å². The van der Waals surface area contributed by atoms with E-state index in [4.69, 9.17) is 0 Å². The van der Waals surface area contributed by atoms with Crippen molar-refractivity contribution in [2.75, 3.05) is 18.4 Å². The molecule has 0 radical (unpaired) electrons. The van der Waals surface area contributed by atoms with E-state index in [0.29, 0.717) is 5.13 Å². The Balaban J connectivity index is 1.23. The number of urea groups is 1. The van der Waals surface area contributed by atoms with E-state index < -0.39 is 0 Å². The number of nitrogens with zero attached hydrogens (tertiary/aromatic N) is 2. The molecule has 2 heterocycles. The first-order chi connectivity index (χ1) is 13.8. The van der Waals surface area contributed by atoms with Gasteiger partial charge in [0.1, 0.15) is 0 Å². The SMILES string of the molecule is O=C(Nc1nc(-c2ccccc2)cs1)NC1CCN(Cc2ccccc2)CC1. The number of hydrogen-bond donors (Lipinski definition) is 2. The van der Waals surface area contributed by atoms with Crippen LogP contribution in [0.25, 0.3) is 11.3 Å². The number of piperidine rings is 1. The Labute approximate surface area is 169 Å². The molecule has 0 aliphatic carbocycles. The molecule has 1 saturated heterocycles. The van der Waals surface area contributed by atoms with E-state index in [2.05, 4.69) is 44.8 Å². The zero-order valence-corrected chi connectivity index (χ0v) is 16.5. The van der Waals surface area contributed by atoms with Crippen LogP contribution in [0, 0.1) is 0 Å². The quantitative estimate of drug-likeness (QED) is 0.667. The van der Waals surface area contributed by atoms with Crippen molar-refractivity contribution in [2.24, 2.45) is 0 Å². The largest absolute Gasteiger partial charge is 0.335 e. The van der Waals surface area contributed by atoms with Crippen LogP contribution in [0.15, 0.2) is 66.0 Å². The van der Waals surface area contributed by atoms with E-state index >= 15 is 0 Å². The van der Waals surface area contributed by atoms with E-state index in [9.17, 15) is 4.79 Å². The molecule has 0 atom stereocenters. The van der Waals surface area contributed by atoms with Gasteiger partial charge in [-0.25, -0.2) is 9.78 Å². The molecule has 144 valence electrons. The van der Waals surface area contributed by atoms with E-state index in [1.54, 1.807) is 0 Å². The fourth-order valence-electron chi connectivity index (χ4n) is 3.47. The van der Waals surface area contributed by atoms with Gasteiger partial charge in [0.15, 0.2) is 5.13 Å². The number of amides is 2. The predicted octanol–water partition coefficient (Wildman–Crippen LogP) is 4.60. The summed E-state index contributed by atoms with van der Waals surface area (Å²) < 4.78 is 0. The van der Waals surface area contributed by atoms with Crippen molar-refractivity contribution in [3.8, 4) is 11.3 Å². The molecule has 28 heavy (non-hydrogen) atoms. The van der Waals surface area contributed by atoms with Gasteiger partial charge < -0.3 is 5.32 Å². The minimum atomic E-state index is -0.171. The maximum Gasteiger partial charge on any atom is 0.321 e. The molecule has 1 aliphatic rings. The number of carbonyl (C=O) groups is 1. The molecule has 6 heteroatoms. The van der Waals surface area contributed by atoms with E-state index in [0.717, 1.165) is 43.7 Å². The molecule has 0 unspecified atom stereocenters. The first-order valence-electron chi connectivity index (χ1n) is 9.61. The summed E-state index contributed by atoms with van der Waals surface area (Å²) in [4.78, 5) is 19.3. The zero-order valence-electron chi connectivity index (χ0n) is 15.7. The highest BCUT2D eigenvalue weighted by Crippen LogP contribution is 2.24. The molecule has 4 rings (SSSR count). The molecule has 1 fully saturated rings. The molecule has 5 nitrogen and oxygen atoms in total. The number of hydrogen-bond acceptors (Lipinski definition) is 4. The average molecular weight is 393 g/mol. The van der Waals surface area contributed by atoms with Crippen LogP contribution < -0.4 is 10.6 Å². The molecule has 1 aliphatic heterocycles. The summed E-state index contributed by atoms with van der Waals surface area (Å²) in [5, 5.41) is 8.55. The minimum Gasteiger partial charge on any atom is -0.335 e. The second-order valence-electron chi connectivity index (χ2n) is 7.04. The number of anilines is 1. The van der Waals surface area contributed by atoms with Gasteiger partial charge in [-0.2, -0.15) is 0 Å². The van der Waals surface area contributed by atoms with Crippen molar-refractivity contribution >= 4 is 22.5 Å². The molecular weight excluding hydrogens is 368 g/mol. The van der Waals surface area contributed by atoms with Crippen LogP contribution in [-0.4, -0.2) is 35.0 Å². The van der Waals surface area contributed by atoms with Gasteiger partial charge in [0.25, 0.3) is 0 Å². The molecule has 2 N–H and O–H groups in total. The number of thiazole rings is 1. The van der Waals surface area contributed by atoms with Crippen molar-refractivity contribution in [1.29, 1.82) is 0 Å². The van der Waals surface area contributed by atoms with Gasteiger partial charge >= 0.3 is 6.03 Å². The summed E-state index contributed by atoms with van der Waals surface area (Å²) in [6.45, 7) is 2.96. The number of carbonyl (C=O) groups excluding carboxylic acids is 1. The molecule has 0 bridgehead atoms. The number of rotatable bonds is 5. The lowest BCUT2D eigenvalue weighted by Gasteiger charge is -2.32. The second kappa shape index (κ2) is 8.99. The normalized spacial score (nSPS) is 15.3. The van der Waals surface area contributed by atoms with Crippen molar-refractivity contribution < 1.29 is 4.79 Å². The first-order valence-corrected chi connectivity index (χ1v) is 10.5. The number of likely N-dealkylation sites (tertiary alicyclic amines) is 1. The zero-order chi connectivity index (χ0) is 19.2. The average Bonchev–Trinajstić information content (AvgIpc) is 3.19. The van der Waals surface area contributed by atoms with E-state index in [1.807, 2.05) is 41.8 Å². The molecule has 3 aromatic rings. The fourth-order valence-corrected chi connectivity index (χ4v) is 4.18. The third kappa shape index (κ3) is 4.97. The van der Waals surface area contributed by atoms with Crippen LogP contribution in [0.4, 0.5) is 9.93 Å². The van der Waals surface area contributed by atoms with Crippen LogP contribution >= 0.6 is 11.3 Å². The highest BCUT2D eigenvalue weighted by Gasteiger charge is 2.21. The van der Waals surface area contributed by atoms with Crippen LogP contribution in [-0.2, 0) is 6.54 Å². The fraction of sp³-hybridized carbons (Fsp3) is 0.273. The molecule has 1 aromatic heterocycles. The van der Waals surface area contributed by atoms with Crippen LogP contribution in [0.1, 0.15) is 18.4 Å². The second-order valence-corrected chi connectivity index (χ2v) is 7.90. The standard InChI is InChI=1S/C22H24N4OS/c27-21(25-22-24-20(16-28-22)18-9-5-2-6-10-18)23-19-11-13-26(14-12-19)15-17-7-3-1-4-8-17/h1-10,16,19H,11-15H2,(H2,23,24,25,27).